The smallest absolute Gasteiger partial charge is 0.303 e. The fraction of sp³-hybridized carbons (Fsp3) is 0.875. The van der Waals surface area contributed by atoms with E-state index in [1.807, 2.05) is 0 Å². The van der Waals surface area contributed by atoms with Crippen molar-refractivity contribution in [2.75, 3.05) is 6.54 Å². The Kier molecular flexibility index (Phi) is 4.48. The molecule has 0 radical (unpaired) electrons. The van der Waals surface area contributed by atoms with Gasteiger partial charge in [0.05, 0.1) is 6.04 Å². The Morgan fingerprint density at radius 2 is 1.76 bits per heavy atom. The summed E-state index contributed by atoms with van der Waals surface area (Å²) in [6.45, 7) is 0.946. The standard InChI is InChI=1S/C16H26N2O3/c19-15(20)10-11-8-12-5-6-13(9-11)18(12)16(21)14-4-2-1-3-7-17-14/h11-14,17H,1-10H2,(H,19,20). The Morgan fingerprint density at radius 3 is 2.43 bits per heavy atom. The number of aliphatic carboxylic acids is 1. The maximum atomic E-state index is 12.8. The molecule has 0 aromatic heterocycles. The van der Waals surface area contributed by atoms with Crippen molar-refractivity contribution < 1.29 is 14.7 Å². The summed E-state index contributed by atoms with van der Waals surface area (Å²) in [4.78, 5) is 25.9. The largest absolute Gasteiger partial charge is 0.481 e. The van der Waals surface area contributed by atoms with Gasteiger partial charge in [-0.3, -0.25) is 9.59 Å². The second kappa shape index (κ2) is 6.34. The molecule has 3 aliphatic heterocycles. The first-order valence-electron chi connectivity index (χ1n) is 8.42. The number of hydrogen-bond acceptors (Lipinski definition) is 3. The van der Waals surface area contributed by atoms with Crippen LogP contribution in [0.25, 0.3) is 0 Å². The molecule has 0 aromatic rings. The molecule has 2 bridgehead atoms. The highest BCUT2D eigenvalue weighted by molar-refractivity contribution is 5.83. The van der Waals surface area contributed by atoms with Gasteiger partial charge in [-0.2, -0.15) is 0 Å². The van der Waals surface area contributed by atoms with Crippen LogP contribution in [0.2, 0.25) is 0 Å². The molecule has 0 aromatic carbocycles. The van der Waals surface area contributed by atoms with Crippen molar-refractivity contribution in [3.63, 3.8) is 0 Å². The Morgan fingerprint density at radius 1 is 1.05 bits per heavy atom. The minimum Gasteiger partial charge on any atom is -0.481 e. The minimum absolute atomic E-state index is 0.00776. The molecule has 21 heavy (non-hydrogen) atoms. The van der Waals surface area contributed by atoms with Gasteiger partial charge in [0, 0.05) is 18.5 Å². The van der Waals surface area contributed by atoms with Gasteiger partial charge in [-0.1, -0.05) is 12.8 Å². The van der Waals surface area contributed by atoms with Crippen LogP contribution in [0.5, 0.6) is 0 Å². The maximum absolute atomic E-state index is 12.8. The summed E-state index contributed by atoms with van der Waals surface area (Å²) in [6, 6.07) is 0.558. The van der Waals surface area contributed by atoms with E-state index in [2.05, 4.69) is 10.2 Å². The highest BCUT2D eigenvalue weighted by Crippen LogP contribution is 2.40. The lowest BCUT2D eigenvalue weighted by Gasteiger charge is -2.40. The van der Waals surface area contributed by atoms with E-state index in [1.54, 1.807) is 0 Å². The molecular formula is C16H26N2O3. The topological polar surface area (TPSA) is 69.6 Å². The summed E-state index contributed by atoms with van der Waals surface area (Å²) in [6.07, 6.45) is 8.58. The zero-order valence-corrected chi connectivity index (χ0v) is 12.6. The number of piperidine rings is 1. The Labute approximate surface area is 126 Å². The summed E-state index contributed by atoms with van der Waals surface area (Å²) < 4.78 is 0. The van der Waals surface area contributed by atoms with E-state index in [0.29, 0.717) is 0 Å². The van der Waals surface area contributed by atoms with E-state index >= 15 is 0 Å². The van der Waals surface area contributed by atoms with Gasteiger partial charge in [-0.15, -0.1) is 0 Å². The van der Waals surface area contributed by atoms with Crippen LogP contribution in [0.1, 0.15) is 57.8 Å². The van der Waals surface area contributed by atoms with Crippen LogP contribution in [-0.4, -0.2) is 46.6 Å². The molecule has 3 saturated heterocycles. The van der Waals surface area contributed by atoms with Crippen molar-refractivity contribution >= 4 is 11.9 Å². The lowest BCUT2D eigenvalue weighted by Crippen LogP contribution is -2.53. The van der Waals surface area contributed by atoms with Crippen LogP contribution < -0.4 is 5.32 Å². The zero-order valence-electron chi connectivity index (χ0n) is 12.6. The molecule has 3 fully saturated rings. The Hall–Kier alpha value is -1.10. The van der Waals surface area contributed by atoms with E-state index in [1.165, 1.54) is 6.42 Å². The number of nitrogens with one attached hydrogen (secondary N) is 1. The second-order valence-electron chi connectivity index (χ2n) is 6.92. The first kappa shape index (κ1) is 14.8. The van der Waals surface area contributed by atoms with Gasteiger partial charge in [-0.05, 0) is 51.0 Å². The SMILES string of the molecule is O=C(O)CC1CC2CCC(C1)N2C(=O)C1CCCCCN1. The third kappa shape index (κ3) is 3.23. The predicted molar refractivity (Wildman–Crippen MR) is 78.9 cm³/mol. The molecule has 5 heteroatoms. The van der Waals surface area contributed by atoms with Gasteiger partial charge >= 0.3 is 5.97 Å². The van der Waals surface area contributed by atoms with Crippen molar-refractivity contribution in [2.45, 2.75) is 75.9 Å². The van der Waals surface area contributed by atoms with Gasteiger partial charge < -0.3 is 15.3 Å². The van der Waals surface area contributed by atoms with Crippen molar-refractivity contribution in [2.24, 2.45) is 5.92 Å². The number of carbonyl (C=O) groups is 2. The Balaban J connectivity index is 1.64. The third-order valence-corrected chi connectivity index (χ3v) is 5.41. The fourth-order valence-corrected chi connectivity index (χ4v) is 4.48. The normalized spacial score (nSPS) is 36.3. The molecule has 1 amide bonds. The number of carboxylic acid groups (broad SMARTS) is 1. The number of rotatable bonds is 3. The lowest BCUT2D eigenvalue weighted by atomic mass is 9.87. The third-order valence-electron chi connectivity index (χ3n) is 5.41. The summed E-state index contributed by atoms with van der Waals surface area (Å²) in [5, 5.41) is 12.4. The zero-order chi connectivity index (χ0) is 14.8. The highest BCUT2D eigenvalue weighted by Gasteiger charge is 2.44. The average Bonchev–Trinajstić information content (AvgIpc) is 2.65. The van der Waals surface area contributed by atoms with E-state index in [-0.39, 0.29) is 36.4 Å². The highest BCUT2D eigenvalue weighted by atomic mass is 16.4. The molecule has 0 saturated carbocycles. The number of carbonyl (C=O) groups excluding carboxylic acids is 1. The molecule has 3 rings (SSSR count). The van der Waals surface area contributed by atoms with E-state index in [4.69, 9.17) is 5.11 Å². The monoisotopic (exact) mass is 294 g/mol. The molecule has 3 heterocycles. The van der Waals surface area contributed by atoms with Gasteiger partial charge in [0.1, 0.15) is 0 Å². The molecule has 0 aliphatic carbocycles. The number of carboxylic acids is 1. The molecule has 3 aliphatic rings. The molecule has 3 unspecified atom stereocenters. The summed E-state index contributed by atoms with van der Waals surface area (Å²) >= 11 is 0. The van der Waals surface area contributed by atoms with Crippen LogP contribution >= 0.6 is 0 Å². The maximum Gasteiger partial charge on any atom is 0.303 e. The van der Waals surface area contributed by atoms with E-state index in [0.717, 1.165) is 51.5 Å². The summed E-state index contributed by atoms with van der Waals surface area (Å²) in [7, 11) is 0. The van der Waals surface area contributed by atoms with Gasteiger partial charge in [0.2, 0.25) is 5.91 Å². The van der Waals surface area contributed by atoms with Crippen molar-refractivity contribution in [1.29, 1.82) is 0 Å². The quantitative estimate of drug-likeness (QED) is 0.832. The first-order valence-corrected chi connectivity index (χ1v) is 8.42. The molecular weight excluding hydrogens is 268 g/mol. The number of amides is 1. The Bertz CT molecular complexity index is 390. The van der Waals surface area contributed by atoms with Crippen molar-refractivity contribution in [3.8, 4) is 0 Å². The second-order valence-corrected chi connectivity index (χ2v) is 6.92. The van der Waals surface area contributed by atoms with Crippen molar-refractivity contribution in [1.82, 2.24) is 10.2 Å². The minimum atomic E-state index is -0.704. The number of hydrogen-bond donors (Lipinski definition) is 2. The number of fused-ring (bicyclic) bond motifs is 2. The average molecular weight is 294 g/mol. The van der Waals surface area contributed by atoms with Crippen LogP contribution in [0.3, 0.4) is 0 Å². The van der Waals surface area contributed by atoms with Crippen LogP contribution in [0.15, 0.2) is 0 Å². The van der Waals surface area contributed by atoms with Crippen molar-refractivity contribution in [3.05, 3.63) is 0 Å². The van der Waals surface area contributed by atoms with Gasteiger partial charge in [-0.25, -0.2) is 0 Å². The molecule has 0 spiro atoms. The van der Waals surface area contributed by atoms with Gasteiger partial charge in [0.15, 0.2) is 0 Å². The molecule has 2 N–H and O–H groups in total. The van der Waals surface area contributed by atoms with Crippen LogP contribution in [-0.2, 0) is 9.59 Å². The number of nitrogens with zero attached hydrogens (tertiary/aromatic N) is 1. The molecule has 118 valence electrons. The fourth-order valence-electron chi connectivity index (χ4n) is 4.48. The first-order chi connectivity index (χ1) is 10.1. The van der Waals surface area contributed by atoms with E-state index < -0.39 is 5.97 Å². The molecule has 3 atom stereocenters. The predicted octanol–water partition coefficient (Wildman–Crippen LogP) is 1.76. The van der Waals surface area contributed by atoms with E-state index in [9.17, 15) is 9.59 Å². The van der Waals surface area contributed by atoms with Crippen LogP contribution in [0, 0.1) is 5.92 Å². The van der Waals surface area contributed by atoms with Crippen LogP contribution in [0.4, 0.5) is 0 Å². The summed E-state index contributed by atoms with van der Waals surface area (Å²) in [5.41, 5.74) is 0. The lowest BCUT2D eigenvalue weighted by molar-refractivity contribution is -0.141. The van der Waals surface area contributed by atoms with Gasteiger partial charge in [0.25, 0.3) is 0 Å². The molecule has 5 nitrogen and oxygen atoms in total. The summed E-state index contributed by atoms with van der Waals surface area (Å²) in [5.74, 6) is -0.172.